The van der Waals surface area contributed by atoms with Crippen LogP contribution in [0.25, 0.3) is 0 Å². The van der Waals surface area contributed by atoms with E-state index < -0.39 is 36.4 Å². The van der Waals surface area contributed by atoms with Gasteiger partial charge in [-0.2, -0.15) is 0 Å². The molecule has 1 unspecified atom stereocenters. The summed E-state index contributed by atoms with van der Waals surface area (Å²) in [5.74, 6) is 0. The average Bonchev–Trinajstić information content (AvgIpc) is 2.73. The molecular formula is C5H7O5P. The molecule has 0 aromatic heterocycles. The number of fused-ring (bicyclic) bond motifs is 1. The molecule has 2 rings (SSSR count). The van der Waals surface area contributed by atoms with Gasteiger partial charge >= 0.3 is 0 Å². The highest BCUT2D eigenvalue weighted by Gasteiger charge is 2.98. The average molecular weight is 178 g/mol. The van der Waals surface area contributed by atoms with E-state index in [2.05, 4.69) is 0 Å². The molecule has 0 bridgehead atoms. The van der Waals surface area contributed by atoms with Gasteiger partial charge in [-0.25, -0.2) is 0 Å². The first-order valence-corrected chi connectivity index (χ1v) is 4.94. The van der Waals surface area contributed by atoms with Gasteiger partial charge in [-0.05, 0) is 0 Å². The van der Waals surface area contributed by atoms with Gasteiger partial charge in [0.05, 0.1) is 6.61 Å². The van der Waals surface area contributed by atoms with Crippen LogP contribution in [0.4, 0.5) is 0 Å². The van der Waals surface area contributed by atoms with Crippen LogP contribution in [0.3, 0.4) is 0 Å². The van der Waals surface area contributed by atoms with E-state index in [1.165, 1.54) is 0 Å². The zero-order chi connectivity index (χ0) is 8.44. The highest BCUT2D eigenvalue weighted by atomic mass is 31.2. The van der Waals surface area contributed by atoms with Crippen molar-refractivity contribution in [3.8, 4) is 0 Å². The molecule has 2 aliphatic heterocycles. The molecule has 6 heteroatoms. The fraction of sp³-hybridized carbons (Fsp3) is 0.800. The first kappa shape index (κ1) is 7.43. The first-order chi connectivity index (χ1) is 5.01. The van der Waals surface area contributed by atoms with E-state index in [0.717, 1.165) is 0 Å². The molecule has 0 amide bonds. The van der Waals surface area contributed by atoms with E-state index in [9.17, 15) is 14.5 Å². The second-order valence-corrected chi connectivity index (χ2v) is 5.87. The van der Waals surface area contributed by atoms with Crippen molar-refractivity contribution in [1.82, 2.24) is 0 Å². The van der Waals surface area contributed by atoms with Gasteiger partial charge in [0.25, 0.3) is 0 Å². The molecule has 0 saturated carbocycles. The summed E-state index contributed by atoms with van der Waals surface area (Å²) in [6.45, 7) is -0.662. The summed E-state index contributed by atoms with van der Waals surface area (Å²) in [4.78, 5) is 10.5. The summed E-state index contributed by atoms with van der Waals surface area (Å²) in [5, 5.41) is 24.8. The number of hydrogen-bond acceptors (Lipinski definition) is 5. The van der Waals surface area contributed by atoms with Crippen molar-refractivity contribution < 1.29 is 24.7 Å². The van der Waals surface area contributed by atoms with Gasteiger partial charge in [-0.15, -0.1) is 0 Å². The van der Waals surface area contributed by atoms with Crippen molar-refractivity contribution >= 4 is 12.7 Å². The van der Waals surface area contributed by atoms with E-state index in [4.69, 9.17) is 10.2 Å². The van der Waals surface area contributed by atoms with E-state index in [1.54, 1.807) is 0 Å². The fourth-order valence-electron chi connectivity index (χ4n) is 1.48. The van der Waals surface area contributed by atoms with Crippen LogP contribution in [0.5, 0.6) is 0 Å². The molecule has 11 heavy (non-hydrogen) atoms. The zero-order valence-corrected chi connectivity index (χ0v) is 6.36. The number of rotatable bonds is 2. The van der Waals surface area contributed by atoms with Crippen LogP contribution >= 0.6 is 7.14 Å². The minimum atomic E-state index is -3.10. The molecule has 2 aliphatic rings. The lowest BCUT2D eigenvalue weighted by molar-refractivity contribution is -0.114. The summed E-state index contributed by atoms with van der Waals surface area (Å²) < 4.78 is 11.1. The standard InChI is InChI=1S/C5H7O5P/c6-1-2(7)5(9)3-4(8)11(3,5)10/h2-3,6-7,9H,1H2/t2-,3+,5+,11?/m1/s1. The minimum absolute atomic E-state index is 0.451. The molecule has 3 N–H and O–H groups in total. The molecule has 0 aromatic rings. The maximum atomic E-state index is 11.1. The van der Waals surface area contributed by atoms with Crippen LogP contribution in [0, 0.1) is 0 Å². The molecule has 2 fully saturated rings. The zero-order valence-electron chi connectivity index (χ0n) is 5.47. The third kappa shape index (κ3) is 0.489. The number of carbonyl (C=O) groups excluding carboxylic acids is 1. The summed E-state index contributed by atoms with van der Waals surface area (Å²) >= 11 is 0. The Bertz CT molecular complexity index is 287. The minimum Gasteiger partial charge on any atom is -0.394 e. The highest BCUT2D eigenvalue weighted by molar-refractivity contribution is 8.03. The van der Waals surface area contributed by atoms with Crippen molar-refractivity contribution in [2.24, 2.45) is 0 Å². The predicted molar refractivity (Wildman–Crippen MR) is 34.4 cm³/mol. The summed E-state index contributed by atoms with van der Waals surface area (Å²) in [6.07, 6.45) is -1.43. The van der Waals surface area contributed by atoms with Crippen molar-refractivity contribution in [1.29, 1.82) is 0 Å². The van der Waals surface area contributed by atoms with Crippen LogP contribution < -0.4 is 0 Å². The quantitative estimate of drug-likeness (QED) is 0.439. The monoisotopic (exact) mass is 178 g/mol. The van der Waals surface area contributed by atoms with Crippen LogP contribution in [0.15, 0.2) is 0 Å². The molecule has 0 radical (unpaired) electrons. The molecule has 2 heterocycles. The van der Waals surface area contributed by atoms with Gasteiger partial charge in [-0.3, -0.25) is 4.79 Å². The molecule has 0 aliphatic carbocycles. The Balaban J connectivity index is 2.22. The van der Waals surface area contributed by atoms with Crippen LogP contribution in [0.1, 0.15) is 0 Å². The van der Waals surface area contributed by atoms with Gasteiger partial charge in [0.15, 0.2) is 12.5 Å². The third-order valence-electron chi connectivity index (χ3n) is 2.39. The molecule has 0 aromatic carbocycles. The number of carbonyl (C=O) groups is 1. The Labute approximate surface area is 62.0 Å². The van der Waals surface area contributed by atoms with E-state index in [0.29, 0.717) is 0 Å². The van der Waals surface area contributed by atoms with Crippen LogP contribution in [-0.2, 0) is 9.36 Å². The molecule has 0 spiro atoms. The Hall–Kier alpha value is -0.220. The lowest BCUT2D eigenvalue weighted by Crippen LogP contribution is -2.39. The molecule has 62 valence electrons. The lowest BCUT2D eigenvalue weighted by atomic mass is 10.1. The van der Waals surface area contributed by atoms with Crippen LogP contribution in [0.2, 0.25) is 0 Å². The maximum absolute atomic E-state index is 11.1. The fourth-order valence-corrected chi connectivity index (χ4v) is 4.57. The Morgan fingerprint density at radius 2 is 2.18 bits per heavy atom. The topological polar surface area (TPSA) is 94.8 Å². The Kier molecular flexibility index (Phi) is 1.07. The van der Waals surface area contributed by atoms with E-state index in [1.807, 2.05) is 0 Å². The van der Waals surface area contributed by atoms with Crippen molar-refractivity contribution in [3.05, 3.63) is 0 Å². The predicted octanol–water partition coefficient (Wildman–Crippen LogP) is -1.69. The van der Waals surface area contributed by atoms with Gasteiger partial charge < -0.3 is 19.9 Å². The maximum Gasteiger partial charge on any atom is 0.209 e. The van der Waals surface area contributed by atoms with Crippen LogP contribution in [-0.4, -0.2) is 44.6 Å². The smallest absolute Gasteiger partial charge is 0.209 e. The van der Waals surface area contributed by atoms with Crippen molar-refractivity contribution in [3.63, 3.8) is 0 Å². The second kappa shape index (κ2) is 1.59. The highest BCUT2D eigenvalue weighted by Crippen LogP contribution is 2.97. The first-order valence-electron chi connectivity index (χ1n) is 3.16. The summed E-state index contributed by atoms with van der Waals surface area (Å²) in [7, 11) is -3.10. The summed E-state index contributed by atoms with van der Waals surface area (Å²) in [5.41, 5.74) is -1.32. The molecule has 2 saturated heterocycles. The molecule has 4 atom stereocenters. The number of aliphatic hydroxyl groups is 3. The van der Waals surface area contributed by atoms with Gasteiger partial charge in [-0.1, -0.05) is 0 Å². The van der Waals surface area contributed by atoms with Crippen molar-refractivity contribution in [2.45, 2.75) is 17.1 Å². The molecule has 5 nitrogen and oxygen atoms in total. The third-order valence-corrected chi connectivity index (χ3v) is 5.72. The normalized spacial score (nSPS) is 55.2. The second-order valence-electron chi connectivity index (χ2n) is 2.88. The van der Waals surface area contributed by atoms with Crippen molar-refractivity contribution in [2.75, 3.05) is 6.61 Å². The SMILES string of the molecule is O=C1[C@H]2[C@](O)([C@H](O)CO)P12=O. The van der Waals surface area contributed by atoms with E-state index >= 15 is 0 Å². The van der Waals surface area contributed by atoms with E-state index in [-0.39, 0.29) is 0 Å². The summed E-state index contributed by atoms with van der Waals surface area (Å²) in [6, 6.07) is 0. The lowest BCUT2D eigenvalue weighted by Gasteiger charge is -2.17. The van der Waals surface area contributed by atoms with Gasteiger partial charge in [0, 0.05) is 0 Å². The van der Waals surface area contributed by atoms with Gasteiger partial charge in [0.2, 0.25) is 5.52 Å². The Morgan fingerprint density at radius 1 is 1.73 bits per heavy atom. The molecular weight excluding hydrogens is 171 g/mol. The number of aliphatic hydroxyl groups excluding tert-OH is 2. The Morgan fingerprint density at radius 3 is 2.45 bits per heavy atom. The van der Waals surface area contributed by atoms with Gasteiger partial charge in [0.1, 0.15) is 11.8 Å². The largest absolute Gasteiger partial charge is 0.394 e. The number of hydrogen-bond donors (Lipinski definition) is 3.